The van der Waals surface area contributed by atoms with Crippen LogP contribution in [0.1, 0.15) is 23.2 Å². The number of carbonyl (C=O) groups is 3. The molecule has 0 spiro atoms. The summed E-state index contributed by atoms with van der Waals surface area (Å²) in [4.78, 5) is 37.6. The summed E-state index contributed by atoms with van der Waals surface area (Å²) in [5.41, 5.74) is 1.16. The summed E-state index contributed by atoms with van der Waals surface area (Å²) in [5.74, 6) is 0.112. The van der Waals surface area contributed by atoms with Crippen molar-refractivity contribution in [2.45, 2.75) is 12.8 Å². The van der Waals surface area contributed by atoms with Gasteiger partial charge in [-0.15, -0.1) is 5.10 Å². The van der Waals surface area contributed by atoms with E-state index in [1.165, 1.54) is 20.3 Å². The summed E-state index contributed by atoms with van der Waals surface area (Å²) in [6, 6.07) is 11.2. The topological polar surface area (TPSA) is 124 Å². The normalized spacial score (nSPS) is 13.4. The van der Waals surface area contributed by atoms with Crippen LogP contribution in [0, 0.1) is 0 Å². The third-order valence-electron chi connectivity index (χ3n) is 4.69. The molecule has 0 atom stereocenters. The summed E-state index contributed by atoms with van der Waals surface area (Å²) in [5, 5.41) is 10.3. The summed E-state index contributed by atoms with van der Waals surface area (Å²) >= 11 is 0. The molecule has 0 bridgehead atoms. The first-order valence-corrected chi connectivity index (χ1v) is 9.33. The second-order valence-corrected chi connectivity index (χ2v) is 6.61. The lowest BCUT2D eigenvalue weighted by atomic mass is 10.2. The summed E-state index contributed by atoms with van der Waals surface area (Å²) in [6.45, 7) is 0. The molecule has 0 unspecified atom stereocenters. The lowest BCUT2D eigenvalue weighted by Gasteiger charge is -2.14. The fraction of sp³-hybridized carbons (Fsp3) is 0.190. The van der Waals surface area contributed by atoms with Crippen LogP contribution in [0.3, 0.4) is 0 Å². The second kappa shape index (κ2) is 8.27. The Bertz CT molecular complexity index is 1160. The minimum Gasteiger partial charge on any atom is -0.493 e. The van der Waals surface area contributed by atoms with Crippen molar-refractivity contribution in [1.29, 1.82) is 0 Å². The number of aromatic nitrogens is 2. The number of ether oxygens (including phenoxy) is 2. The monoisotopic (exact) mass is 422 g/mol. The molecule has 4 rings (SSSR count). The number of rotatable bonds is 6. The van der Waals surface area contributed by atoms with Crippen molar-refractivity contribution in [1.82, 2.24) is 10.2 Å². The number of nitrogens with one attached hydrogen (secondary N) is 1. The van der Waals surface area contributed by atoms with E-state index >= 15 is 0 Å². The molecule has 3 aromatic rings. The third kappa shape index (κ3) is 3.95. The molecule has 158 valence electrons. The SMILES string of the molecule is COc1ccc(-c2nnc(NC(=O)c3cccc(N4C(=O)CCC4=O)c3)o2)cc1OC. The molecule has 0 radical (unpaired) electrons. The Hall–Kier alpha value is -4.21. The number of imide groups is 1. The van der Waals surface area contributed by atoms with Gasteiger partial charge in [0.25, 0.3) is 5.91 Å². The van der Waals surface area contributed by atoms with Crippen LogP contribution in [-0.4, -0.2) is 42.1 Å². The Balaban J connectivity index is 1.52. The van der Waals surface area contributed by atoms with E-state index in [4.69, 9.17) is 13.9 Å². The van der Waals surface area contributed by atoms with Crippen LogP contribution >= 0.6 is 0 Å². The van der Waals surface area contributed by atoms with Crippen LogP contribution in [0.25, 0.3) is 11.5 Å². The zero-order valence-corrected chi connectivity index (χ0v) is 16.7. The van der Waals surface area contributed by atoms with E-state index in [2.05, 4.69) is 15.5 Å². The van der Waals surface area contributed by atoms with E-state index in [0.29, 0.717) is 22.7 Å². The molecule has 1 aromatic heterocycles. The van der Waals surface area contributed by atoms with Crippen molar-refractivity contribution >= 4 is 29.4 Å². The van der Waals surface area contributed by atoms with Gasteiger partial charge in [0.1, 0.15) is 0 Å². The number of benzene rings is 2. The number of carbonyl (C=O) groups excluding carboxylic acids is 3. The van der Waals surface area contributed by atoms with Crippen LogP contribution in [-0.2, 0) is 9.59 Å². The molecule has 3 amide bonds. The molecule has 0 aliphatic carbocycles. The van der Waals surface area contributed by atoms with Gasteiger partial charge in [0.15, 0.2) is 11.5 Å². The Morgan fingerprint density at radius 2 is 1.74 bits per heavy atom. The second-order valence-electron chi connectivity index (χ2n) is 6.61. The van der Waals surface area contributed by atoms with Crippen molar-refractivity contribution in [3.63, 3.8) is 0 Å². The molecule has 0 saturated carbocycles. The Labute approximate surface area is 176 Å². The molecular formula is C21H18N4O6. The molecule has 2 aromatic carbocycles. The van der Waals surface area contributed by atoms with Gasteiger partial charge in [0, 0.05) is 24.0 Å². The quantitative estimate of drug-likeness (QED) is 0.601. The van der Waals surface area contributed by atoms with Gasteiger partial charge in [-0.3, -0.25) is 24.6 Å². The maximum Gasteiger partial charge on any atom is 0.322 e. The minimum atomic E-state index is -0.525. The molecular weight excluding hydrogens is 404 g/mol. The van der Waals surface area contributed by atoms with Crippen LogP contribution in [0.15, 0.2) is 46.9 Å². The maximum atomic E-state index is 12.6. The number of methoxy groups -OCH3 is 2. The average molecular weight is 422 g/mol. The van der Waals surface area contributed by atoms with Crippen molar-refractivity contribution in [2.24, 2.45) is 0 Å². The van der Waals surface area contributed by atoms with Gasteiger partial charge in [-0.05, 0) is 36.4 Å². The van der Waals surface area contributed by atoms with Crippen molar-refractivity contribution in [3.05, 3.63) is 48.0 Å². The van der Waals surface area contributed by atoms with Crippen molar-refractivity contribution < 1.29 is 28.3 Å². The van der Waals surface area contributed by atoms with Gasteiger partial charge in [0.05, 0.1) is 19.9 Å². The maximum absolute atomic E-state index is 12.6. The molecule has 10 heteroatoms. The molecule has 1 saturated heterocycles. The summed E-state index contributed by atoms with van der Waals surface area (Å²) < 4.78 is 16.0. The molecule has 1 N–H and O–H groups in total. The van der Waals surface area contributed by atoms with Crippen molar-refractivity contribution in [3.8, 4) is 23.0 Å². The van der Waals surface area contributed by atoms with E-state index in [9.17, 15) is 14.4 Å². The summed E-state index contributed by atoms with van der Waals surface area (Å²) in [7, 11) is 3.04. The minimum absolute atomic E-state index is 0.103. The van der Waals surface area contributed by atoms with Crippen LogP contribution in [0.2, 0.25) is 0 Å². The first-order chi connectivity index (χ1) is 15.0. The first-order valence-electron chi connectivity index (χ1n) is 9.33. The fourth-order valence-corrected chi connectivity index (χ4v) is 3.18. The molecule has 1 aliphatic heterocycles. The molecule has 2 heterocycles. The highest BCUT2D eigenvalue weighted by molar-refractivity contribution is 6.20. The van der Waals surface area contributed by atoms with Crippen LogP contribution in [0.5, 0.6) is 11.5 Å². The van der Waals surface area contributed by atoms with E-state index < -0.39 is 5.91 Å². The number of anilines is 2. The highest BCUT2D eigenvalue weighted by Gasteiger charge is 2.30. The highest BCUT2D eigenvalue weighted by Crippen LogP contribution is 2.32. The predicted octanol–water partition coefficient (Wildman–Crippen LogP) is 2.66. The third-order valence-corrected chi connectivity index (χ3v) is 4.69. The number of amides is 3. The Kier molecular flexibility index (Phi) is 5.35. The fourth-order valence-electron chi connectivity index (χ4n) is 3.18. The predicted molar refractivity (Wildman–Crippen MR) is 109 cm³/mol. The van der Waals surface area contributed by atoms with E-state index in [1.54, 1.807) is 36.4 Å². The van der Waals surface area contributed by atoms with Gasteiger partial charge in [-0.1, -0.05) is 11.2 Å². The van der Waals surface area contributed by atoms with Gasteiger partial charge in [0.2, 0.25) is 17.7 Å². The first kappa shape index (κ1) is 20.1. The lowest BCUT2D eigenvalue weighted by molar-refractivity contribution is -0.121. The lowest BCUT2D eigenvalue weighted by Crippen LogP contribution is -2.28. The van der Waals surface area contributed by atoms with Crippen LogP contribution in [0.4, 0.5) is 11.7 Å². The Morgan fingerprint density at radius 3 is 2.45 bits per heavy atom. The molecule has 1 fully saturated rings. The van der Waals surface area contributed by atoms with Gasteiger partial charge >= 0.3 is 6.01 Å². The van der Waals surface area contributed by atoms with Gasteiger partial charge in [-0.25, -0.2) is 0 Å². The average Bonchev–Trinajstić information content (AvgIpc) is 3.39. The van der Waals surface area contributed by atoms with Gasteiger partial charge in [-0.2, -0.15) is 0 Å². The highest BCUT2D eigenvalue weighted by atomic mass is 16.5. The Morgan fingerprint density at radius 1 is 1.00 bits per heavy atom. The number of nitrogens with zero attached hydrogens (tertiary/aromatic N) is 3. The zero-order valence-electron chi connectivity index (χ0n) is 16.7. The number of hydrogen-bond donors (Lipinski definition) is 1. The standard InChI is InChI=1S/C21H18N4O6/c1-29-15-7-6-13(11-16(15)30-2)20-23-24-21(31-20)22-19(28)12-4-3-5-14(10-12)25-17(26)8-9-18(25)27/h3-7,10-11H,8-9H2,1-2H3,(H,22,24,28). The van der Waals surface area contributed by atoms with Crippen molar-refractivity contribution in [2.75, 3.05) is 24.4 Å². The smallest absolute Gasteiger partial charge is 0.322 e. The molecule has 1 aliphatic rings. The van der Waals surface area contributed by atoms with Crippen LogP contribution < -0.4 is 19.7 Å². The van der Waals surface area contributed by atoms with E-state index in [-0.39, 0.29) is 42.1 Å². The van der Waals surface area contributed by atoms with Gasteiger partial charge < -0.3 is 13.9 Å². The summed E-state index contributed by atoms with van der Waals surface area (Å²) in [6.07, 6.45) is 0.326. The molecule has 31 heavy (non-hydrogen) atoms. The largest absolute Gasteiger partial charge is 0.493 e. The van der Waals surface area contributed by atoms with E-state index in [1.807, 2.05) is 0 Å². The zero-order chi connectivity index (χ0) is 22.0. The molecule has 10 nitrogen and oxygen atoms in total. The van der Waals surface area contributed by atoms with E-state index in [0.717, 1.165) is 4.90 Å². The number of hydrogen-bond acceptors (Lipinski definition) is 8.